The number of benzene rings is 2. The summed E-state index contributed by atoms with van der Waals surface area (Å²) in [4.78, 5) is 30.5. The van der Waals surface area contributed by atoms with E-state index in [0.29, 0.717) is 35.8 Å². The predicted octanol–water partition coefficient (Wildman–Crippen LogP) is 4.79. The van der Waals surface area contributed by atoms with Gasteiger partial charge in [0.1, 0.15) is 5.75 Å². The van der Waals surface area contributed by atoms with Crippen LogP contribution < -0.4 is 25.6 Å². The highest BCUT2D eigenvalue weighted by atomic mass is 16.5. The predicted molar refractivity (Wildman–Crippen MR) is 143 cm³/mol. The van der Waals surface area contributed by atoms with Gasteiger partial charge in [0, 0.05) is 37.6 Å². The zero-order chi connectivity index (χ0) is 25.0. The van der Waals surface area contributed by atoms with Crippen molar-refractivity contribution in [2.24, 2.45) is 0 Å². The molecule has 0 radical (unpaired) electrons. The third kappa shape index (κ3) is 7.62. The van der Waals surface area contributed by atoms with Gasteiger partial charge in [-0.15, -0.1) is 0 Å². The molecule has 0 spiro atoms. The van der Waals surface area contributed by atoms with Crippen LogP contribution in [0.25, 0.3) is 0 Å². The lowest BCUT2D eigenvalue weighted by molar-refractivity contribution is 0.0949. The van der Waals surface area contributed by atoms with E-state index in [1.54, 1.807) is 12.1 Å². The largest absolute Gasteiger partial charge is 0.492 e. The van der Waals surface area contributed by atoms with Gasteiger partial charge in [0.2, 0.25) is 0 Å². The molecule has 0 aliphatic carbocycles. The van der Waals surface area contributed by atoms with Crippen molar-refractivity contribution in [3.63, 3.8) is 0 Å². The highest BCUT2D eigenvalue weighted by Crippen LogP contribution is 2.28. The van der Waals surface area contributed by atoms with Crippen molar-refractivity contribution in [1.82, 2.24) is 10.2 Å². The van der Waals surface area contributed by atoms with Crippen LogP contribution in [-0.2, 0) is 0 Å². The molecule has 0 aromatic heterocycles. The summed E-state index contributed by atoms with van der Waals surface area (Å²) in [7, 11) is 0. The second kappa shape index (κ2) is 13.6. The van der Waals surface area contributed by atoms with E-state index < -0.39 is 6.03 Å². The van der Waals surface area contributed by atoms with Crippen LogP contribution in [0, 0.1) is 0 Å². The van der Waals surface area contributed by atoms with Crippen LogP contribution in [0.2, 0.25) is 0 Å². The number of nitrogens with one attached hydrogen (secondary N) is 3. The Balaban J connectivity index is 1.74. The second-order valence-electron chi connectivity index (χ2n) is 8.57. The normalized spacial score (nSPS) is 13.4. The van der Waals surface area contributed by atoms with Crippen LogP contribution in [0.1, 0.15) is 50.4 Å². The van der Waals surface area contributed by atoms with E-state index >= 15 is 0 Å². The number of urea groups is 1. The fourth-order valence-electron chi connectivity index (χ4n) is 4.30. The maximum absolute atomic E-state index is 13.2. The first-order valence-corrected chi connectivity index (χ1v) is 12.7. The van der Waals surface area contributed by atoms with E-state index in [-0.39, 0.29) is 5.91 Å². The molecular weight excluding hydrogens is 442 g/mol. The van der Waals surface area contributed by atoms with E-state index in [1.807, 2.05) is 37.3 Å². The number of nitrogens with zero attached hydrogens (tertiary/aromatic N) is 2. The zero-order valence-corrected chi connectivity index (χ0v) is 21.2. The molecule has 0 atom stereocenters. The lowest BCUT2D eigenvalue weighted by Gasteiger charge is -2.30. The third-order valence-electron chi connectivity index (χ3n) is 6.24. The summed E-state index contributed by atoms with van der Waals surface area (Å²) in [6.45, 7) is 11.8. The van der Waals surface area contributed by atoms with Crippen molar-refractivity contribution in [2.75, 3.05) is 61.4 Å². The molecule has 3 rings (SSSR count). The first-order valence-electron chi connectivity index (χ1n) is 12.7. The van der Waals surface area contributed by atoms with Crippen LogP contribution in [0.4, 0.5) is 21.9 Å². The van der Waals surface area contributed by atoms with Gasteiger partial charge in [-0.05, 0) is 69.6 Å². The average Bonchev–Trinajstić information content (AvgIpc) is 2.88. The minimum atomic E-state index is -0.393. The number of ether oxygens (including phenoxy) is 1. The Kier molecular flexibility index (Phi) is 10.2. The number of rotatable bonds is 11. The molecule has 1 fully saturated rings. The molecule has 1 aliphatic rings. The molecule has 8 nitrogen and oxygen atoms in total. The molecule has 8 heteroatoms. The van der Waals surface area contributed by atoms with Crippen LogP contribution in [0.5, 0.6) is 5.75 Å². The van der Waals surface area contributed by atoms with Gasteiger partial charge >= 0.3 is 6.03 Å². The number of likely N-dealkylation sites (N-methyl/N-ethyl adjacent to an activating group) is 1. The Labute approximate surface area is 209 Å². The van der Waals surface area contributed by atoms with Crippen LogP contribution in [-0.4, -0.2) is 62.7 Å². The summed E-state index contributed by atoms with van der Waals surface area (Å²) < 4.78 is 5.59. The molecule has 0 bridgehead atoms. The molecule has 1 heterocycles. The molecule has 0 saturated carbocycles. The molecule has 35 heavy (non-hydrogen) atoms. The number of piperidine rings is 1. The number of carbonyl (C=O) groups excluding carboxylic acids is 2. The van der Waals surface area contributed by atoms with Crippen LogP contribution in [0.3, 0.4) is 0 Å². The van der Waals surface area contributed by atoms with E-state index in [2.05, 4.69) is 39.6 Å². The van der Waals surface area contributed by atoms with Crippen molar-refractivity contribution in [2.45, 2.75) is 40.0 Å². The lowest BCUT2D eigenvalue weighted by Crippen LogP contribution is -2.36. The molecule has 2 aromatic carbocycles. The summed E-state index contributed by atoms with van der Waals surface area (Å²) in [6.07, 6.45) is 3.44. The minimum Gasteiger partial charge on any atom is -0.492 e. The van der Waals surface area contributed by atoms with E-state index in [1.165, 1.54) is 6.42 Å². The maximum Gasteiger partial charge on any atom is 0.323 e. The molecule has 3 amide bonds. The van der Waals surface area contributed by atoms with Gasteiger partial charge in [0.05, 0.1) is 17.9 Å². The first-order chi connectivity index (χ1) is 17.0. The maximum atomic E-state index is 13.2. The van der Waals surface area contributed by atoms with Crippen molar-refractivity contribution in [3.8, 4) is 5.75 Å². The highest BCUT2D eigenvalue weighted by Gasteiger charge is 2.20. The Hall–Kier alpha value is -3.26. The van der Waals surface area contributed by atoms with E-state index in [4.69, 9.17) is 4.74 Å². The van der Waals surface area contributed by atoms with Gasteiger partial charge in [-0.3, -0.25) is 4.79 Å². The zero-order valence-electron chi connectivity index (χ0n) is 21.2. The van der Waals surface area contributed by atoms with Crippen molar-refractivity contribution < 1.29 is 14.3 Å². The molecule has 0 unspecified atom stereocenters. The van der Waals surface area contributed by atoms with Gasteiger partial charge in [-0.25, -0.2) is 4.79 Å². The van der Waals surface area contributed by atoms with Crippen molar-refractivity contribution >= 4 is 29.0 Å². The van der Waals surface area contributed by atoms with Crippen LogP contribution in [0.15, 0.2) is 42.5 Å². The molecule has 1 saturated heterocycles. The number of hydrogen-bond donors (Lipinski definition) is 3. The first kappa shape index (κ1) is 26.3. The minimum absolute atomic E-state index is 0.122. The summed E-state index contributed by atoms with van der Waals surface area (Å²) in [5.74, 6) is 0.488. The van der Waals surface area contributed by atoms with Crippen molar-refractivity contribution in [3.05, 3.63) is 48.0 Å². The summed E-state index contributed by atoms with van der Waals surface area (Å²) in [5.41, 5.74) is 2.65. The van der Waals surface area contributed by atoms with Crippen LogP contribution >= 0.6 is 0 Å². The molecule has 2 aromatic rings. The SMILES string of the molecule is CCOc1ccccc1NC(=O)Nc1ccc(N2CCCCC2)c(C(=O)NCCN(CC)CC)c1. The third-order valence-corrected chi connectivity index (χ3v) is 6.24. The van der Waals surface area contributed by atoms with E-state index in [0.717, 1.165) is 51.3 Å². The monoisotopic (exact) mass is 481 g/mol. The Morgan fingerprint density at radius 2 is 1.71 bits per heavy atom. The lowest BCUT2D eigenvalue weighted by atomic mass is 10.1. The number of carbonyl (C=O) groups is 2. The van der Waals surface area contributed by atoms with Gasteiger partial charge in [0.25, 0.3) is 5.91 Å². The average molecular weight is 482 g/mol. The quantitative estimate of drug-likeness (QED) is 0.430. The molecular formula is C27H39N5O3. The summed E-state index contributed by atoms with van der Waals surface area (Å²) in [6, 6.07) is 12.5. The summed E-state index contributed by atoms with van der Waals surface area (Å²) in [5, 5.41) is 8.77. The number of para-hydroxylation sites is 2. The standard InChI is InChI=1S/C27H39N5O3/c1-4-31(5-2)19-16-28-26(33)22-20-21(14-15-24(22)32-17-10-7-11-18-32)29-27(34)30-23-12-8-9-13-25(23)35-6-3/h8-9,12-15,20H,4-7,10-11,16-19H2,1-3H3,(H,28,33)(H2,29,30,34). The number of anilines is 3. The number of hydrogen-bond acceptors (Lipinski definition) is 5. The van der Waals surface area contributed by atoms with Gasteiger partial charge in [-0.1, -0.05) is 26.0 Å². The van der Waals surface area contributed by atoms with Crippen molar-refractivity contribution in [1.29, 1.82) is 0 Å². The van der Waals surface area contributed by atoms with Gasteiger partial charge < -0.3 is 30.5 Å². The Bertz CT molecular complexity index is 971. The highest BCUT2D eigenvalue weighted by molar-refractivity contribution is 6.04. The van der Waals surface area contributed by atoms with Gasteiger partial charge in [0.15, 0.2) is 0 Å². The topological polar surface area (TPSA) is 85.9 Å². The molecule has 1 aliphatic heterocycles. The smallest absolute Gasteiger partial charge is 0.323 e. The van der Waals surface area contributed by atoms with E-state index in [9.17, 15) is 9.59 Å². The Morgan fingerprint density at radius 1 is 0.971 bits per heavy atom. The van der Waals surface area contributed by atoms with Gasteiger partial charge in [-0.2, -0.15) is 0 Å². The second-order valence-corrected chi connectivity index (χ2v) is 8.57. The Morgan fingerprint density at radius 3 is 2.43 bits per heavy atom. The number of amides is 3. The fourth-order valence-corrected chi connectivity index (χ4v) is 4.30. The fraction of sp³-hybridized carbons (Fsp3) is 0.481. The molecule has 190 valence electrons. The molecule has 3 N–H and O–H groups in total. The summed E-state index contributed by atoms with van der Waals surface area (Å²) >= 11 is 0.